The molecule has 0 aromatic heterocycles. The average molecular weight is 322 g/mol. The summed E-state index contributed by atoms with van der Waals surface area (Å²) >= 11 is 0. The molecule has 0 aromatic carbocycles. The summed E-state index contributed by atoms with van der Waals surface area (Å²) in [5, 5.41) is 8.63. The first-order chi connectivity index (χ1) is 7.47. The Balaban J connectivity index is -0.00000128. The fourth-order valence-electron chi connectivity index (χ4n) is 1.91. The minimum atomic E-state index is -2.09. The average Bonchev–Trinajstić information content (AvgIpc) is 1.96. The normalized spacial score (nSPS) is 12.1. The minimum Gasteiger partial charge on any atom is -0.437 e. The van der Waals surface area contributed by atoms with Crippen LogP contribution in [0, 0.1) is 11.3 Å². The van der Waals surface area contributed by atoms with E-state index >= 15 is 0 Å². The summed E-state index contributed by atoms with van der Waals surface area (Å²) in [6, 6.07) is 3.14. The van der Waals surface area contributed by atoms with Crippen molar-refractivity contribution in [3.05, 3.63) is 0 Å². The van der Waals surface area contributed by atoms with Gasteiger partial charge in [-0.25, -0.2) is 0 Å². The maximum atomic E-state index is 8.63. The number of hydrogen-bond acceptors (Lipinski definition) is 3. The molecule has 0 spiro atoms. The van der Waals surface area contributed by atoms with Crippen LogP contribution in [0.2, 0.25) is 51.9 Å². The van der Waals surface area contributed by atoms with Gasteiger partial charge in [0.05, 0.1) is 6.07 Å². The van der Waals surface area contributed by atoms with Crippen molar-refractivity contribution < 1.29 is 8.23 Å². The van der Waals surface area contributed by atoms with Gasteiger partial charge in [-0.05, 0) is 58.3 Å². The zero-order valence-corrected chi connectivity index (χ0v) is 15.4. The summed E-state index contributed by atoms with van der Waals surface area (Å²) in [6.45, 7) is 15.4. The molecule has 3 nitrogen and oxygen atoms in total. The van der Waals surface area contributed by atoms with Gasteiger partial charge in [0.2, 0.25) is 0 Å². The number of rotatable bonds is 7. The quantitative estimate of drug-likeness (QED) is 0.469. The highest BCUT2D eigenvalue weighted by Crippen LogP contribution is 2.25. The Bertz CT molecular complexity index is 261. The Kier molecular flexibility index (Phi) is 11.5. The van der Waals surface area contributed by atoms with Gasteiger partial charge in [0.1, 0.15) is 0 Å². The lowest BCUT2D eigenvalue weighted by Crippen LogP contribution is -2.52. The van der Waals surface area contributed by atoms with Crippen LogP contribution < -0.4 is 0 Å². The second-order valence-corrected chi connectivity index (χ2v) is 19.4. The second-order valence-electron chi connectivity index (χ2n) is 6.57. The van der Waals surface area contributed by atoms with Gasteiger partial charge in [0, 0.05) is 6.42 Å². The number of unbranched alkanes of at least 4 members (excludes halogenated alkanes) is 1. The third kappa shape index (κ3) is 14.3. The first-order valence-corrected chi connectivity index (χ1v) is 15.6. The largest absolute Gasteiger partial charge is 0.437 e. The Hall–Kier alpha value is 0.0606. The third-order valence-corrected chi connectivity index (χ3v) is 11.6. The van der Waals surface area contributed by atoms with Crippen LogP contribution in [0.3, 0.4) is 0 Å². The molecule has 0 aromatic rings. The van der Waals surface area contributed by atoms with E-state index in [0.717, 1.165) is 12.5 Å². The third-order valence-electron chi connectivity index (χ3n) is 1.96. The van der Waals surface area contributed by atoms with Crippen molar-refractivity contribution in [2.45, 2.75) is 79.6 Å². The van der Waals surface area contributed by atoms with Crippen molar-refractivity contribution >= 4 is 25.2 Å². The van der Waals surface area contributed by atoms with Crippen LogP contribution in [-0.2, 0) is 8.23 Å². The van der Waals surface area contributed by atoms with Crippen LogP contribution in [0.4, 0.5) is 0 Å². The van der Waals surface area contributed by atoms with Crippen molar-refractivity contribution in [3.8, 4) is 6.07 Å². The lowest BCUT2D eigenvalue weighted by molar-refractivity contribution is 0.382. The summed E-state index contributed by atoms with van der Waals surface area (Å²) in [6.07, 6.45) is 1.50. The van der Waals surface area contributed by atoms with Crippen LogP contribution in [0.25, 0.3) is 0 Å². The number of nitrogens with zero attached hydrogens (tertiary/aromatic N) is 1. The summed E-state index contributed by atoms with van der Waals surface area (Å²) in [5.74, 6) is 0. The lowest BCUT2D eigenvalue weighted by Gasteiger charge is -2.38. The number of nitriles is 1. The molecule has 0 N–H and O–H groups in total. The van der Waals surface area contributed by atoms with Crippen LogP contribution in [0.1, 0.15) is 27.7 Å². The lowest BCUT2D eigenvalue weighted by atomic mass is 10.4. The molecule has 0 aliphatic carbocycles. The maximum Gasteiger partial charge on any atom is 0.314 e. The van der Waals surface area contributed by atoms with Gasteiger partial charge in [-0.15, -0.1) is 0 Å². The van der Waals surface area contributed by atoms with Crippen molar-refractivity contribution in [1.82, 2.24) is 0 Å². The highest BCUT2D eigenvalue weighted by molar-refractivity contribution is 6.87. The van der Waals surface area contributed by atoms with Crippen LogP contribution >= 0.6 is 0 Å². The zero-order chi connectivity index (χ0) is 13.7. The SMILES string of the molecule is C.C.C[Si](C)(C)O[Si](C)(CCCC#N)O[Si](C)(C)C. The first-order valence-electron chi connectivity index (χ1n) is 6.25. The molecule has 0 heterocycles. The smallest absolute Gasteiger partial charge is 0.314 e. The molecule has 0 fully saturated rings. The summed E-state index contributed by atoms with van der Waals surface area (Å²) in [4.78, 5) is 0. The molecule has 0 aliphatic heterocycles. The molecule has 116 valence electrons. The molecule has 0 aliphatic rings. The van der Waals surface area contributed by atoms with Crippen LogP contribution in [0.15, 0.2) is 0 Å². The molecule has 0 amide bonds. The molecule has 0 saturated carbocycles. The van der Waals surface area contributed by atoms with Crippen molar-refractivity contribution in [3.63, 3.8) is 0 Å². The maximum absolute atomic E-state index is 8.63. The molecule has 0 saturated heterocycles. The van der Waals surface area contributed by atoms with E-state index < -0.39 is 25.2 Å². The van der Waals surface area contributed by atoms with E-state index in [1.54, 1.807) is 0 Å². The van der Waals surface area contributed by atoms with Gasteiger partial charge in [-0.2, -0.15) is 5.26 Å². The minimum absolute atomic E-state index is 0. The van der Waals surface area contributed by atoms with Crippen molar-refractivity contribution in [1.29, 1.82) is 5.26 Å². The zero-order valence-electron chi connectivity index (χ0n) is 12.4. The molecular formula is C13H35NO2Si3. The molecule has 0 atom stereocenters. The van der Waals surface area contributed by atoms with E-state index in [1.165, 1.54) is 0 Å². The molecular weight excluding hydrogens is 286 g/mol. The summed E-state index contributed by atoms with van der Waals surface area (Å²) in [5.41, 5.74) is 0. The van der Waals surface area contributed by atoms with Crippen molar-refractivity contribution in [2.75, 3.05) is 0 Å². The van der Waals surface area contributed by atoms with E-state index in [-0.39, 0.29) is 14.9 Å². The van der Waals surface area contributed by atoms with Gasteiger partial charge >= 0.3 is 8.56 Å². The van der Waals surface area contributed by atoms with E-state index in [9.17, 15) is 0 Å². The van der Waals surface area contributed by atoms with Gasteiger partial charge in [0.15, 0.2) is 16.6 Å². The van der Waals surface area contributed by atoms with Gasteiger partial charge < -0.3 is 8.23 Å². The Morgan fingerprint density at radius 1 is 0.842 bits per heavy atom. The van der Waals surface area contributed by atoms with E-state index in [1.807, 2.05) is 0 Å². The molecule has 19 heavy (non-hydrogen) atoms. The Morgan fingerprint density at radius 2 is 1.21 bits per heavy atom. The van der Waals surface area contributed by atoms with Crippen LogP contribution in [0.5, 0.6) is 0 Å². The van der Waals surface area contributed by atoms with E-state index in [0.29, 0.717) is 6.42 Å². The highest BCUT2D eigenvalue weighted by Gasteiger charge is 2.39. The molecule has 0 unspecified atom stereocenters. The molecule has 0 bridgehead atoms. The standard InChI is InChI=1S/C11H27NO2Si3.2CH4/c1-15(2,3)13-17(7,11-9-8-10-12)14-16(4,5)6;;/h8-9,11H2,1-7H3;2*1H4. The Labute approximate surface area is 124 Å². The van der Waals surface area contributed by atoms with Crippen molar-refractivity contribution in [2.24, 2.45) is 0 Å². The van der Waals surface area contributed by atoms with E-state index in [4.69, 9.17) is 13.5 Å². The summed E-state index contributed by atoms with van der Waals surface area (Å²) in [7, 11) is -5.24. The molecule has 0 rings (SSSR count). The second kappa shape index (κ2) is 9.08. The van der Waals surface area contributed by atoms with Gasteiger partial charge in [-0.1, -0.05) is 14.9 Å². The Morgan fingerprint density at radius 3 is 1.47 bits per heavy atom. The van der Waals surface area contributed by atoms with Crippen LogP contribution in [-0.4, -0.2) is 25.2 Å². The van der Waals surface area contributed by atoms with E-state index in [2.05, 4.69) is 51.9 Å². The fourth-order valence-corrected chi connectivity index (χ4v) is 14.4. The predicted molar refractivity (Wildman–Crippen MR) is 93.6 cm³/mol. The fraction of sp³-hybridized carbons (Fsp3) is 0.923. The van der Waals surface area contributed by atoms with Gasteiger partial charge in [-0.3, -0.25) is 0 Å². The van der Waals surface area contributed by atoms with Gasteiger partial charge in [0.25, 0.3) is 0 Å². The monoisotopic (exact) mass is 321 g/mol. The molecule has 6 heteroatoms. The topological polar surface area (TPSA) is 42.2 Å². The molecule has 0 radical (unpaired) electrons. The highest BCUT2D eigenvalue weighted by atomic mass is 28.5. The summed E-state index contributed by atoms with van der Waals surface area (Å²) < 4.78 is 12.7. The predicted octanol–water partition coefficient (Wildman–Crippen LogP) is 5.34. The number of hydrogen-bond donors (Lipinski definition) is 0. The first kappa shape index (κ1) is 24.1.